The second-order valence-corrected chi connectivity index (χ2v) is 5.34. The Balaban J connectivity index is 0.00000176. The van der Waals surface area contributed by atoms with Crippen LogP contribution in [0.4, 0.5) is 5.82 Å². The Morgan fingerprint density at radius 1 is 1.14 bits per heavy atom. The molecule has 0 unspecified atom stereocenters. The summed E-state index contributed by atoms with van der Waals surface area (Å²) in [7, 11) is 0. The number of rotatable bonds is 4. The van der Waals surface area contributed by atoms with E-state index < -0.39 is 5.97 Å². The maximum absolute atomic E-state index is 10.8. The summed E-state index contributed by atoms with van der Waals surface area (Å²) in [6.07, 6.45) is 4.00. The lowest BCUT2D eigenvalue weighted by atomic mass is 10.0. The summed E-state index contributed by atoms with van der Waals surface area (Å²) < 4.78 is 0. The lowest BCUT2D eigenvalue weighted by Crippen LogP contribution is -2.14. The third kappa shape index (κ3) is 3.77. The molecule has 2 aromatic rings. The average Bonchev–Trinajstić information content (AvgIpc) is 2.53. The van der Waals surface area contributed by atoms with Crippen molar-refractivity contribution in [2.75, 3.05) is 11.9 Å². The number of carboxylic acids is 1. The molecule has 0 bridgehead atoms. The highest BCUT2D eigenvalue weighted by atomic mass is 35.5. The Morgan fingerprint density at radius 3 is 2.64 bits per heavy atom. The van der Waals surface area contributed by atoms with E-state index in [-0.39, 0.29) is 12.4 Å². The van der Waals surface area contributed by atoms with Crippen LogP contribution in [0.15, 0.2) is 36.4 Å². The number of pyridine rings is 1. The van der Waals surface area contributed by atoms with Gasteiger partial charge in [0.2, 0.25) is 0 Å². The van der Waals surface area contributed by atoms with Crippen LogP contribution in [0.3, 0.4) is 0 Å². The van der Waals surface area contributed by atoms with E-state index in [0.717, 1.165) is 42.9 Å². The lowest BCUT2D eigenvalue weighted by molar-refractivity contribution is 0.0697. The number of aromatic carboxylic acids is 1. The second-order valence-electron chi connectivity index (χ2n) is 5.34. The first-order valence-corrected chi connectivity index (χ1v) is 7.27. The highest BCUT2D eigenvalue weighted by Crippen LogP contribution is 2.20. The van der Waals surface area contributed by atoms with Gasteiger partial charge in [0.25, 0.3) is 0 Å². The van der Waals surface area contributed by atoms with Gasteiger partial charge in [0.15, 0.2) is 0 Å². The molecule has 22 heavy (non-hydrogen) atoms. The van der Waals surface area contributed by atoms with E-state index in [1.165, 1.54) is 12.0 Å². The number of benzene rings is 1. The first kappa shape index (κ1) is 16.3. The largest absolute Gasteiger partial charge is 0.478 e. The number of fused-ring (bicyclic) bond motifs is 1. The molecule has 0 radical (unpaired) electrons. The molecule has 0 atom stereocenters. The molecule has 4 nitrogen and oxygen atoms in total. The number of aromatic nitrogens is 1. The number of nitrogens with zero attached hydrogens (tertiary/aromatic N) is 1. The van der Waals surface area contributed by atoms with Crippen LogP contribution in [0.1, 0.15) is 33.6 Å². The van der Waals surface area contributed by atoms with E-state index in [2.05, 4.69) is 22.4 Å². The molecule has 1 aliphatic heterocycles. The van der Waals surface area contributed by atoms with Crippen LogP contribution < -0.4 is 5.32 Å². The normalized spacial score (nSPS) is 12.7. The number of anilines is 1. The molecular weight excluding hydrogens is 300 g/mol. The summed E-state index contributed by atoms with van der Waals surface area (Å²) in [5.41, 5.74) is 3.84. The Labute approximate surface area is 136 Å². The Morgan fingerprint density at radius 2 is 1.91 bits per heavy atom. The number of hydrogen-bond donors (Lipinski definition) is 2. The Kier molecular flexibility index (Phi) is 5.39. The van der Waals surface area contributed by atoms with Gasteiger partial charge in [0, 0.05) is 12.2 Å². The van der Waals surface area contributed by atoms with Crippen LogP contribution in [0.2, 0.25) is 0 Å². The van der Waals surface area contributed by atoms with E-state index in [9.17, 15) is 4.79 Å². The van der Waals surface area contributed by atoms with Crippen LogP contribution in [0.25, 0.3) is 0 Å². The van der Waals surface area contributed by atoms with Crippen LogP contribution >= 0.6 is 12.4 Å². The van der Waals surface area contributed by atoms with Gasteiger partial charge in [-0.3, -0.25) is 0 Å². The number of aryl methyl sites for hydroxylation is 3. The van der Waals surface area contributed by atoms with Crippen molar-refractivity contribution >= 4 is 24.2 Å². The van der Waals surface area contributed by atoms with Crippen molar-refractivity contribution in [2.24, 2.45) is 0 Å². The predicted octanol–water partition coefficient (Wildman–Crippen LogP) is 3.34. The number of carbonyl (C=O) groups is 1. The monoisotopic (exact) mass is 318 g/mol. The zero-order valence-electron chi connectivity index (χ0n) is 12.2. The molecular formula is C17H19ClN2O2. The standard InChI is InChI=1S/C17H18N2O2.ClH/c20-17(21)14-6-3-12(4-7-14)5-9-15-10-8-13-2-1-11-18-16(13)19-15;/h3-4,6-8,10H,1-2,5,9,11H2,(H,18,19)(H,20,21);1H. The quantitative estimate of drug-likeness (QED) is 0.907. The molecule has 0 fully saturated rings. The highest BCUT2D eigenvalue weighted by molar-refractivity contribution is 5.87. The Bertz CT molecular complexity index is 656. The van der Waals surface area contributed by atoms with Gasteiger partial charge < -0.3 is 10.4 Å². The summed E-state index contributed by atoms with van der Waals surface area (Å²) in [6.45, 7) is 1.00. The smallest absolute Gasteiger partial charge is 0.335 e. The van der Waals surface area contributed by atoms with Gasteiger partial charge >= 0.3 is 5.97 Å². The minimum Gasteiger partial charge on any atom is -0.478 e. The van der Waals surface area contributed by atoms with Crippen LogP contribution in [-0.2, 0) is 19.3 Å². The minimum absolute atomic E-state index is 0. The van der Waals surface area contributed by atoms with E-state index in [1.807, 2.05) is 12.1 Å². The molecule has 1 aliphatic rings. The summed E-state index contributed by atoms with van der Waals surface area (Å²) in [6, 6.07) is 11.3. The molecule has 1 aromatic carbocycles. The molecule has 116 valence electrons. The van der Waals surface area contributed by atoms with Crippen molar-refractivity contribution in [1.82, 2.24) is 4.98 Å². The fourth-order valence-corrected chi connectivity index (χ4v) is 2.59. The molecule has 0 saturated heterocycles. The number of hydrogen-bond acceptors (Lipinski definition) is 3. The zero-order valence-corrected chi connectivity index (χ0v) is 13.0. The van der Waals surface area contributed by atoms with Crippen molar-refractivity contribution < 1.29 is 9.90 Å². The zero-order chi connectivity index (χ0) is 14.7. The highest BCUT2D eigenvalue weighted by Gasteiger charge is 2.10. The van der Waals surface area contributed by atoms with Gasteiger partial charge in [-0.05, 0) is 55.0 Å². The SMILES string of the molecule is Cl.O=C(O)c1ccc(CCc2ccc3c(n2)NCCC3)cc1. The fourth-order valence-electron chi connectivity index (χ4n) is 2.59. The summed E-state index contributed by atoms with van der Waals surface area (Å²) in [5.74, 6) is 0.143. The third-order valence-electron chi connectivity index (χ3n) is 3.82. The predicted molar refractivity (Wildman–Crippen MR) is 89.1 cm³/mol. The average molecular weight is 319 g/mol. The molecule has 2 heterocycles. The molecule has 0 saturated carbocycles. The second kappa shape index (κ2) is 7.27. The topological polar surface area (TPSA) is 62.2 Å². The van der Waals surface area contributed by atoms with E-state index in [0.29, 0.717) is 5.56 Å². The third-order valence-corrected chi connectivity index (χ3v) is 3.82. The van der Waals surface area contributed by atoms with Crippen molar-refractivity contribution in [3.05, 3.63) is 58.8 Å². The summed E-state index contributed by atoms with van der Waals surface area (Å²) in [4.78, 5) is 15.5. The molecule has 5 heteroatoms. The molecule has 2 N–H and O–H groups in total. The van der Waals surface area contributed by atoms with Gasteiger partial charge in [-0.15, -0.1) is 12.4 Å². The minimum atomic E-state index is -0.885. The van der Waals surface area contributed by atoms with Gasteiger partial charge in [-0.25, -0.2) is 9.78 Å². The van der Waals surface area contributed by atoms with Gasteiger partial charge in [0.1, 0.15) is 5.82 Å². The van der Waals surface area contributed by atoms with Crippen LogP contribution in [0, 0.1) is 0 Å². The maximum Gasteiger partial charge on any atom is 0.335 e. The fraction of sp³-hybridized carbons (Fsp3) is 0.294. The summed E-state index contributed by atoms with van der Waals surface area (Å²) in [5, 5.41) is 12.2. The van der Waals surface area contributed by atoms with E-state index in [4.69, 9.17) is 5.11 Å². The number of halogens is 1. The lowest BCUT2D eigenvalue weighted by Gasteiger charge is -2.17. The van der Waals surface area contributed by atoms with E-state index >= 15 is 0 Å². The van der Waals surface area contributed by atoms with Gasteiger partial charge in [-0.1, -0.05) is 18.2 Å². The van der Waals surface area contributed by atoms with Gasteiger partial charge in [-0.2, -0.15) is 0 Å². The molecule has 0 aliphatic carbocycles. The van der Waals surface area contributed by atoms with Gasteiger partial charge in [0.05, 0.1) is 5.56 Å². The first-order valence-electron chi connectivity index (χ1n) is 7.27. The maximum atomic E-state index is 10.8. The first-order chi connectivity index (χ1) is 10.2. The van der Waals surface area contributed by atoms with Crippen molar-refractivity contribution in [3.8, 4) is 0 Å². The molecule has 1 aromatic heterocycles. The number of nitrogens with one attached hydrogen (secondary N) is 1. The Hall–Kier alpha value is -2.07. The van der Waals surface area contributed by atoms with Crippen molar-refractivity contribution in [3.63, 3.8) is 0 Å². The van der Waals surface area contributed by atoms with E-state index in [1.54, 1.807) is 12.1 Å². The molecule has 3 rings (SSSR count). The van der Waals surface area contributed by atoms with Crippen LogP contribution in [0.5, 0.6) is 0 Å². The number of carboxylic acid groups (broad SMARTS) is 1. The van der Waals surface area contributed by atoms with Crippen LogP contribution in [-0.4, -0.2) is 22.6 Å². The van der Waals surface area contributed by atoms with Crippen molar-refractivity contribution in [2.45, 2.75) is 25.7 Å². The van der Waals surface area contributed by atoms with Crippen molar-refractivity contribution in [1.29, 1.82) is 0 Å². The molecule has 0 spiro atoms. The summed E-state index contributed by atoms with van der Waals surface area (Å²) >= 11 is 0. The molecule has 0 amide bonds.